The molecule has 0 radical (unpaired) electrons. The number of nitrogens with one attached hydrogen (secondary N) is 2. The summed E-state index contributed by atoms with van der Waals surface area (Å²) in [7, 11) is 0. The number of carbonyl (C=O) groups is 1. The summed E-state index contributed by atoms with van der Waals surface area (Å²) in [6.07, 6.45) is 3.61. The molecule has 0 bridgehead atoms. The third-order valence-electron chi connectivity index (χ3n) is 4.00. The highest BCUT2D eigenvalue weighted by molar-refractivity contribution is 5.92. The molecule has 0 aromatic carbocycles. The van der Waals surface area contributed by atoms with Crippen LogP contribution in [-0.2, 0) is 4.79 Å². The summed E-state index contributed by atoms with van der Waals surface area (Å²) in [5, 5.41) is 19.1. The Bertz CT molecular complexity index is 712. The molecule has 122 valence electrons. The average Bonchev–Trinajstić information content (AvgIpc) is 3.14. The molecule has 0 spiro atoms. The second-order valence-electron chi connectivity index (χ2n) is 5.54. The van der Waals surface area contributed by atoms with Gasteiger partial charge < -0.3 is 9.73 Å². The molecule has 23 heavy (non-hydrogen) atoms. The van der Waals surface area contributed by atoms with Crippen LogP contribution in [0.2, 0.25) is 0 Å². The van der Waals surface area contributed by atoms with Gasteiger partial charge in [0.25, 0.3) is 0 Å². The fourth-order valence-corrected chi connectivity index (χ4v) is 2.20. The molecule has 2 aromatic rings. The van der Waals surface area contributed by atoms with Crippen molar-refractivity contribution in [1.29, 1.82) is 5.26 Å². The predicted octanol–water partition coefficient (Wildman–Crippen LogP) is 2.14. The number of anilines is 1. The maximum atomic E-state index is 12.0. The first-order valence-electron chi connectivity index (χ1n) is 7.46. The molecule has 0 saturated heterocycles. The number of aromatic nitrogens is 2. The van der Waals surface area contributed by atoms with Gasteiger partial charge in [-0.25, -0.2) is 0 Å². The van der Waals surface area contributed by atoms with Crippen molar-refractivity contribution in [3.63, 3.8) is 0 Å². The number of nitrogens with zero attached hydrogens (tertiary/aromatic N) is 3. The van der Waals surface area contributed by atoms with Gasteiger partial charge in [-0.05, 0) is 33.8 Å². The SMILES string of the molecule is Cc1oc(NC(=O)CN[C@@H](C)[C@H](C)n2cccn2)c(C#N)c1C. The number of hydrogen-bond donors (Lipinski definition) is 2. The van der Waals surface area contributed by atoms with Crippen LogP contribution in [0.3, 0.4) is 0 Å². The lowest BCUT2D eigenvalue weighted by molar-refractivity contribution is -0.115. The maximum Gasteiger partial charge on any atom is 0.240 e. The Morgan fingerprint density at radius 3 is 2.83 bits per heavy atom. The summed E-state index contributed by atoms with van der Waals surface area (Å²) in [6, 6.07) is 4.08. The van der Waals surface area contributed by atoms with Crippen molar-refractivity contribution in [1.82, 2.24) is 15.1 Å². The van der Waals surface area contributed by atoms with Crippen LogP contribution in [0.5, 0.6) is 0 Å². The van der Waals surface area contributed by atoms with E-state index in [4.69, 9.17) is 9.68 Å². The summed E-state index contributed by atoms with van der Waals surface area (Å²) in [5.74, 6) is 0.585. The summed E-state index contributed by atoms with van der Waals surface area (Å²) >= 11 is 0. The first-order valence-corrected chi connectivity index (χ1v) is 7.46. The number of amides is 1. The van der Waals surface area contributed by atoms with Crippen LogP contribution >= 0.6 is 0 Å². The van der Waals surface area contributed by atoms with Crippen molar-refractivity contribution in [2.24, 2.45) is 0 Å². The average molecular weight is 315 g/mol. The van der Waals surface area contributed by atoms with Gasteiger partial charge >= 0.3 is 0 Å². The number of hydrogen-bond acceptors (Lipinski definition) is 5. The van der Waals surface area contributed by atoms with E-state index < -0.39 is 0 Å². The number of furan rings is 1. The molecule has 1 amide bonds. The zero-order valence-electron chi connectivity index (χ0n) is 13.8. The molecule has 2 aromatic heterocycles. The quantitative estimate of drug-likeness (QED) is 0.851. The van der Waals surface area contributed by atoms with Crippen molar-refractivity contribution in [3.05, 3.63) is 35.3 Å². The fraction of sp³-hybridized carbons (Fsp3) is 0.438. The lowest BCUT2D eigenvalue weighted by Gasteiger charge is -2.21. The van der Waals surface area contributed by atoms with Gasteiger partial charge in [-0.2, -0.15) is 10.4 Å². The van der Waals surface area contributed by atoms with Crippen molar-refractivity contribution in [2.75, 3.05) is 11.9 Å². The summed E-state index contributed by atoms with van der Waals surface area (Å²) in [5.41, 5.74) is 1.12. The van der Waals surface area contributed by atoms with Gasteiger partial charge in [0.1, 0.15) is 17.4 Å². The van der Waals surface area contributed by atoms with Crippen LogP contribution in [0.4, 0.5) is 5.88 Å². The maximum absolute atomic E-state index is 12.0. The van der Waals surface area contributed by atoms with E-state index in [0.717, 1.165) is 5.56 Å². The van der Waals surface area contributed by atoms with Crippen LogP contribution in [0.1, 0.15) is 36.8 Å². The van der Waals surface area contributed by atoms with E-state index in [-0.39, 0.29) is 30.4 Å². The Labute approximate surface area is 135 Å². The Morgan fingerprint density at radius 1 is 1.48 bits per heavy atom. The fourth-order valence-electron chi connectivity index (χ4n) is 2.20. The lowest BCUT2D eigenvalue weighted by Crippen LogP contribution is -2.39. The normalized spacial score (nSPS) is 13.3. The molecule has 0 saturated carbocycles. The van der Waals surface area contributed by atoms with E-state index in [0.29, 0.717) is 11.3 Å². The summed E-state index contributed by atoms with van der Waals surface area (Å²) in [6.45, 7) is 7.69. The minimum atomic E-state index is -0.255. The zero-order valence-corrected chi connectivity index (χ0v) is 13.8. The summed E-state index contributed by atoms with van der Waals surface area (Å²) in [4.78, 5) is 12.0. The van der Waals surface area contributed by atoms with Crippen molar-refractivity contribution < 1.29 is 9.21 Å². The molecule has 2 atom stereocenters. The number of aryl methyl sites for hydroxylation is 1. The lowest BCUT2D eigenvalue weighted by atomic mass is 10.1. The number of nitriles is 1. The Kier molecular flexibility index (Phi) is 5.19. The Morgan fingerprint density at radius 2 is 2.22 bits per heavy atom. The molecule has 2 rings (SSSR count). The topological polar surface area (TPSA) is 95.9 Å². The van der Waals surface area contributed by atoms with Crippen molar-refractivity contribution in [2.45, 2.75) is 39.8 Å². The minimum Gasteiger partial charge on any atom is -0.444 e. The van der Waals surface area contributed by atoms with E-state index in [1.807, 2.05) is 30.8 Å². The Balaban J connectivity index is 1.91. The molecule has 0 aliphatic carbocycles. The molecule has 2 N–H and O–H groups in total. The van der Waals surface area contributed by atoms with Gasteiger partial charge in [0.05, 0.1) is 12.6 Å². The van der Waals surface area contributed by atoms with Gasteiger partial charge in [-0.3, -0.25) is 14.8 Å². The molecule has 7 heteroatoms. The third kappa shape index (κ3) is 3.79. The molecule has 2 heterocycles. The Hall–Kier alpha value is -2.59. The van der Waals surface area contributed by atoms with Crippen molar-refractivity contribution >= 4 is 11.8 Å². The first kappa shape index (κ1) is 16.8. The standard InChI is InChI=1S/C16H21N5O2/c1-10-13(4)23-16(14(10)8-17)20-15(22)9-18-11(2)12(3)21-7-5-6-19-21/h5-7,11-12,18H,9H2,1-4H3,(H,20,22)/t11-,12-/m0/s1. The first-order chi connectivity index (χ1) is 10.9. The van der Waals surface area contributed by atoms with E-state index in [1.165, 1.54) is 0 Å². The second kappa shape index (κ2) is 7.11. The van der Waals surface area contributed by atoms with Gasteiger partial charge in [-0.1, -0.05) is 0 Å². The predicted molar refractivity (Wildman–Crippen MR) is 85.9 cm³/mol. The third-order valence-corrected chi connectivity index (χ3v) is 4.00. The molecule has 7 nitrogen and oxygen atoms in total. The molecule has 0 fully saturated rings. The highest BCUT2D eigenvalue weighted by Gasteiger charge is 2.18. The van der Waals surface area contributed by atoms with E-state index >= 15 is 0 Å². The largest absolute Gasteiger partial charge is 0.444 e. The van der Waals surface area contributed by atoms with Gasteiger partial charge in [0.15, 0.2) is 0 Å². The smallest absolute Gasteiger partial charge is 0.240 e. The minimum absolute atomic E-state index is 0.0520. The van der Waals surface area contributed by atoms with Gasteiger partial charge in [0.2, 0.25) is 11.8 Å². The van der Waals surface area contributed by atoms with E-state index in [9.17, 15) is 4.79 Å². The highest BCUT2D eigenvalue weighted by Crippen LogP contribution is 2.25. The van der Waals surface area contributed by atoms with Crippen LogP contribution < -0.4 is 10.6 Å². The van der Waals surface area contributed by atoms with Crippen LogP contribution in [-0.4, -0.2) is 28.3 Å². The molecule has 0 aliphatic rings. The number of rotatable bonds is 6. The molecule has 0 aliphatic heterocycles. The molecular weight excluding hydrogens is 294 g/mol. The van der Waals surface area contributed by atoms with Crippen LogP contribution in [0.15, 0.2) is 22.9 Å². The van der Waals surface area contributed by atoms with Gasteiger partial charge in [0, 0.05) is 24.0 Å². The zero-order chi connectivity index (χ0) is 17.0. The van der Waals surface area contributed by atoms with Crippen LogP contribution in [0.25, 0.3) is 0 Å². The van der Waals surface area contributed by atoms with Crippen LogP contribution in [0, 0.1) is 25.2 Å². The molecular formula is C16H21N5O2. The second-order valence-corrected chi connectivity index (χ2v) is 5.54. The van der Waals surface area contributed by atoms with E-state index in [2.05, 4.69) is 21.8 Å². The van der Waals surface area contributed by atoms with Crippen molar-refractivity contribution in [3.8, 4) is 6.07 Å². The summed E-state index contributed by atoms with van der Waals surface area (Å²) < 4.78 is 7.26. The highest BCUT2D eigenvalue weighted by atomic mass is 16.4. The van der Waals surface area contributed by atoms with E-state index in [1.54, 1.807) is 20.0 Å². The monoisotopic (exact) mass is 315 g/mol. The van der Waals surface area contributed by atoms with Gasteiger partial charge in [-0.15, -0.1) is 0 Å². The number of carbonyl (C=O) groups excluding carboxylic acids is 1. The molecule has 0 unspecified atom stereocenters.